The largest absolute Gasteiger partial charge is 0.490 e. The summed E-state index contributed by atoms with van der Waals surface area (Å²) in [6.45, 7) is 8.15. The van der Waals surface area contributed by atoms with Crippen LogP contribution in [0.5, 0.6) is 22.4 Å². The summed E-state index contributed by atoms with van der Waals surface area (Å²) in [6.07, 6.45) is 1.67. The molecule has 1 aliphatic heterocycles. The number of aromatic nitrogens is 1. The normalized spacial score (nSPS) is 13.8. The second-order valence-corrected chi connectivity index (χ2v) is 6.71. The summed E-state index contributed by atoms with van der Waals surface area (Å²) in [4.78, 5) is 18.7. The Hall–Kier alpha value is -2.48. The molecule has 1 aliphatic rings. The van der Waals surface area contributed by atoms with Gasteiger partial charge in [-0.2, -0.15) is 0 Å². The predicted octanol–water partition coefficient (Wildman–Crippen LogP) is 3.24. The Bertz CT molecular complexity index is 732. The van der Waals surface area contributed by atoms with Crippen LogP contribution < -0.4 is 18.9 Å². The second-order valence-electron chi connectivity index (χ2n) is 5.85. The quantitative estimate of drug-likeness (QED) is 0.652. The van der Waals surface area contributed by atoms with E-state index < -0.39 is 0 Å². The van der Waals surface area contributed by atoms with Crippen molar-refractivity contribution in [3.05, 3.63) is 29.3 Å². The van der Waals surface area contributed by atoms with E-state index in [1.807, 2.05) is 26.2 Å². The third-order valence-electron chi connectivity index (χ3n) is 3.97. The first-order valence-electron chi connectivity index (χ1n) is 9.08. The summed E-state index contributed by atoms with van der Waals surface area (Å²) in [5, 5.41) is 2.49. The number of amides is 1. The number of thiazole rings is 1. The highest BCUT2D eigenvalue weighted by Gasteiger charge is 2.34. The molecule has 8 heteroatoms. The molecule has 146 valence electrons. The molecule has 1 fully saturated rings. The summed E-state index contributed by atoms with van der Waals surface area (Å²) in [5.41, 5.74) is 0.512. The monoisotopic (exact) mass is 392 g/mol. The number of carbonyl (C=O) groups is 1. The molecule has 0 radical (unpaired) electrons. The van der Waals surface area contributed by atoms with Gasteiger partial charge in [0.2, 0.25) is 5.75 Å². The van der Waals surface area contributed by atoms with Gasteiger partial charge in [0.25, 0.3) is 11.1 Å². The molecule has 0 saturated carbocycles. The van der Waals surface area contributed by atoms with Gasteiger partial charge in [0.1, 0.15) is 6.10 Å². The molecule has 0 bridgehead atoms. The van der Waals surface area contributed by atoms with Gasteiger partial charge in [-0.3, -0.25) is 4.79 Å². The van der Waals surface area contributed by atoms with E-state index in [1.165, 1.54) is 11.3 Å². The molecule has 3 rings (SSSR count). The fourth-order valence-electron chi connectivity index (χ4n) is 2.78. The fourth-order valence-corrected chi connectivity index (χ4v) is 3.34. The molecule has 2 heterocycles. The van der Waals surface area contributed by atoms with Crippen LogP contribution in [0.15, 0.2) is 23.7 Å². The topological polar surface area (TPSA) is 70.1 Å². The third kappa shape index (κ3) is 4.44. The van der Waals surface area contributed by atoms with Crippen molar-refractivity contribution in [2.45, 2.75) is 26.9 Å². The number of benzene rings is 1. The molecule has 1 aromatic carbocycles. The van der Waals surface area contributed by atoms with Crippen molar-refractivity contribution in [3.63, 3.8) is 0 Å². The zero-order valence-corrected chi connectivity index (χ0v) is 16.6. The van der Waals surface area contributed by atoms with Crippen LogP contribution >= 0.6 is 11.3 Å². The molecular weight excluding hydrogens is 368 g/mol. The summed E-state index contributed by atoms with van der Waals surface area (Å²) in [7, 11) is 0. The molecule has 1 amide bonds. The highest BCUT2D eigenvalue weighted by Crippen LogP contribution is 2.39. The van der Waals surface area contributed by atoms with Crippen molar-refractivity contribution in [2.24, 2.45) is 0 Å². The van der Waals surface area contributed by atoms with Crippen LogP contribution in [0.3, 0.4) is 0 Å². The summed E-state index contributed by atoms with van der Waals surface area (Å²) in [5.74, 6) is 1.49. The van der Waals surface area contributed by atoms with Gasteiger partial charge in [-0.15, -0.1) is 0 Å². The van der Waals surface area contributed by atoms with Crippen LogP contribution in [-0.4, -0.2) is 54.8 Å². The Labute approximate surface area is 162 Å². The predicted molar refractivity (Wildman–Crippen MR) is 102 cm³/mol. The van der Waals surface area contributed by atoms with Crippen LogP contribution in [0.25, 0.3) is 0 Å². The van der Waals surface area contributed by atoms with Crippen LogP contribution in [-0.2, 0) is 0 Å². The molecule has 1 aromatic heterocycles. The van der Waals surface area contributed by atoms with Crippen LogP contribution in [0, 0.1) is 0 Å². The average Bonchev–Trinajstić information content (AvgIpc) is 3.13. The Kier molecular flexibility index (Phi) is 6.39. The number of nitrogens with zero attached hydrogens (tertiary/aromatic N) is 2. The van der Waals surface area contributed by atoms with Crippen molar-refractivity contribution < 1.29 is 23.7 Å². The first kappa shape index (κ1) is 19.3. The first-order chi connectivity index (χ1) is 13.2. The first-order valence-corrected chi connectivity index (χ1v) is 9.96. The number of rotatable bonds is 9. The minimum absolute atomic E-state index is 0.0273. The molecule has 0 aliphatic carbocycles. The number of hydrogen-bond donors (Lipinski definition) is 0. The van der Waals surface area contributed by atoms with Crippen molar-refractivity contribution in [3.8, 4) is 22.4 Å². The van der Waals surface area contributed by atoms with Crippen LogP contribution in [0.4, 0.5) is 0 Å². The van der Waals surface area contributed by atoms with Gasteiger partial charge in [-0.05, 0) is 32.9 Å². The third-order valence-corrected chi connectivity index (χ3v) is 4.63. The Morgan fingerprint density at radius 1 is 1.11 bits per heavy atom. The Balaban J connectivity index is 1.74. The smallest absolute Gasteiger partial charge is 0.273 e. The van der Waals surface area contributed by atoms with E-state index in [0.717, 1.165) is 0 Å². The fraction of sp³-hybridized carbons (Fsp3) is 0.474. The zero-order chi connectivity index (χ0) is 19.2. The average molecular weight is 392 g/mol. The molecule has 1 saturated heterocycles. The molecule has 2 aromatic rings. The van der Waals surface area contributed by atoms with Gasteiger partial charge in [0, 0.05) is 17.1 Å². The molecular formula is C19H24N2O5S. The SMILES string of the molecule is CCOc1cc(C(=O)N2CC(Oc3nccs3)C2)cc(OCC)c1OCC. The lowest BCUT2D eigenvalue weighted by Crippen LogP contribution is -2.56. The lowest BCUT2D eigenvalue weighted by Gasteiger charge is -2.38. The van der Waals surface area contributed by atoms with Gasteiger partial charge in [0.05, 0.1) is 32.9 Å². The minimum atomic E-state index is -0.0843. The van der Waals surface area contributed by atoms with E-state index in [1.54, 1.807) is 23.2 Å². The van der Waals surface area contributed by atoms with E-state index in [4.69, 9.17) is 18.9 Å². The molecule has 7 nitrogen and oxygen atoms in total. The Morgan fingerprint density at radius 2 is 1.74 bits per heavy atom. The number of carbonyl (C=O) groups excluding carboxylic acids is 1. The maximum Gasteiger partial charge on any atom is 0.273 e. The van der Waals surface area contributed by atoms with Gasteiger partial charge in [-0.1, -0.05) is 11.3 Å². The second kappa shape index (κ2) is 8.94. The van der Waals surface area contributed by atoms with E-state index in [-0.39, 0.29) is 12.0 Å². The maximum atomic E-state index is 12.9. The van der Waals surface area contributed by atoms with Crippen molar-refractivity contribution >= 4 is 17.2 Å². The number of likely N-dealkylation sites (tertiary alicyclic amines) is 1. The van der Waals surface area contributed by atoms with E-state index >= 15 is 0 Å². The van der Waals surface area contributed by atoms with Crippen molar-refractivity contribution in [1.82, 2.24) is 9.88 Å². The van der Waals surface area contributed by atoms with Crippen LogP contribution in [0.1, 0.15) is 31.1 Å². The van der Waals surface area contributed by atoms with E-state index in [9.17, 15) is 4.79 Å². The molecule has 0 unspecified atom stereocenters. The molecule has 0 atom stereocenters. The lowest BCUT2D eigenvalue weighted by molar-refractivity contribution is 0.0176. The summed E-state index contributed by atoms with van der Waals surface area (Å²) in [6, 6.07) is 3.43. The van der Waals surface area contributed by atoms with Gasteiger partial charge in [0.15, 0.2) is 11.5 Å². The minimum Gasteiger partial charge on any atom is -0.490 e. The lowest BCUT2D eigenvalue weighted by atomic mass is 10.1. The molecule has 27 heavy (non-hydrogen) atoms. The van der Waals surface area contributed by atoms with Gasteiger partial charge >= 0.3 is 0 Å². The van der Waals surface area contributed by atoms with Crippen LogP contribution in [0.2, 0.25) is 0 Å². The van der Waals surface area contributed by atoms with Crippen molar-refractivity contribution in [2.75, 3.05) is 32.9 Å². The van der Waals surface area contributed by atoms with Crippen molar-refractivity contribution in [1.29, 1.82) is 0 Å². The number of ether oxygens (including phenoxy) is 4. The van der Waals surface area contributed by atoms with Gasteiger partial charge < -0.3 is 23.8 Å². The maximum absolute atomic E-state index is 12.9. The summed E-state index contributed by atoms with van der Waals surface area (Å²) >= 11 is 1.44. The van der Waals surface area contributed by atoms with E-state index in [0.29, 0.717) is 60.9 Å². The standard InChI is InChI=1S/C19H24N2O5S/c1-4-23-15-9-13(10-16(24-5-2)17(15)25-6-3)18(22)21-11-14(12-21)26-19-20-7-8-27-19/h7-10,14H,4-6,11-12H2,1-3H3. The van der Waals surface area contributed by atoms with E-state index in [2.05, 4.69) is 4.98 Å². The van der Waals surface area contributed by atoms with Gasteiger partial charge in [-0.25, -0.2) is 4.98 Å². The molecule has 0 N–H and O–H groups in total. The number of hydrogen-bond acceptors (Lipinski definition) is 7. The highest BCUT2D eigenvalue weighted by atomic mass is 32.1. The Morgan fingerprint density at radius 3 is 2.26 bits per heavy atom. The summed E-state index contributed by atoms with van der Waals surface area (Å²) < 4.78 is 22.8. The molecule has 0 spiro atoms. The zero-order valence-electron chi connectivity index (χ0n) is 15.8. The highest BCUT2D eigenvalue weighted by molar-refractivity contribution is 7.11.